The Kier molecular flexibility index (Phi) is 7.93. The quantitative estimate of drug-likeness (QED) is 0.560. The zero-order chi connectivity index (χ0) is 24.9. The molecule has 0 unspecified atom stereocenters. The van der Waals surface area contributed by atoms with Crippen LogP contribution in [0.1, 0.15) is 35.7 Å². The summed E-state index contributed by atoms with van der Waals surface area (Å²) in [6, 6.07) is 8.59. The van der Waals surface area contributed by atoms with Crippen molar-refractivity contribution in [2.24, 2.45) is 5.92 Å². The van der Waals surface area contributed by atoms with Crippen molar-refractivity contribution in [2.45, 2.75) is 37.4 Å². The number of amides is 1. The molecule has 1 aliphatic heterocycles. The molecule has 0 radical (unpaired) electrons. The number of ether oxygens (including phenoxy) is 1. The number of alkyl halides is 3. The van der Waals surface area contributed by atoms with Gasteiger partial charge in [-0.15, -0.1) is 0 Å². The molecule has 2 aromatic rings. The predicted octanol–water partition coefficient (Wildman–Crippen LogP) is 2.94. The van der Waals surface area contributed by atoms with Crippen LogP contribution in [0.15, 0.2) is 47.5 Å². The number of carbonyl (C=O) groups is 2. The number of sulfonamides is 1. The molecular weight excluding hydrogens is 475 g/mol. The fourth-order valence-electron chi connectivity index (χ4n) is 3.50. The highest BCUT2D eigenvalue weighted by molar-refractivity contribution is 7.89. The molecule has 0 saturated carbocycles. The number of hydrogen-bond donors (Lipinski definition) is 1. The van der Waals surface area contributed by atoms with Crippen LogP contribution in [-0.4, -0.2) is 55.3 Å². The molecule has 1 aromatic heterocycles. The van der Waals surface area contributed by atoms with E-state index in [1.54, 1.807) is 6.07 Å². The lowest BCUT2D eigenvalue weighted by Crippen LogP contribution is -2.42. The van der Waals surface area contributed by atoms with Gasteiger partial charge in [-0.25, -0.2) is 13.4 Å². The van der Waals surface area contributed by atoms with E-state index in [-0.39, 0.29) is 42.1 Å². The van der Waals surface area contributed by atoms with Crippen LogP contribution < -0.4 is 10.1 Å². The molecule has 184 valence electrons. The predicted molar refractivity (Wildman–Crippen MR) is 116 cm³/mol. The molecule has 1 amide bonds. The Balaban J connectivity index is 1.51. The first kappa shape index (κ1) is 25.6. The van der Waals surface area contributed by atoms with E-state index in [2.05, 4.69) is 15.0 Å². The molecule has 0 aliphatic carbocycles. The maximum absolute atomic E-state index is 12.9. The Morgan fingerprint density at radius 2 is 1.79 bits per heavy atom. The van der Waals surface area contributed by atoms with Crippen molar-refractivity contribution in [3.05, 3.63) is 53.7 Å². The monoisotopic (exact) mass is 499 g/mol. The largest absolute Gasteiger partial charge is 0.468 e. The summed E-state index contributed by atoms with van der Waals surface area (Å²) in [5.74, 6) is -1.02. The molecule has 1 aliphatic rings. The third-order valence-electron chi connectivity index (χ3n) is 5.37. The molecule has 2 heterocycles. The van der Waals surface area contributed by atoms with Crippen LogP contribution in [0.4, 0.5) is 13.2 Å². The summed E-state index contributed by atoms with van der Waals surface area (Å²) in [5, 5.41) is 2.73. The lowest BCUT2D eigenvalue weighted by atomic mass is 9.97. The van der Waals surface area contributed by atoms with Gasteiger partial charge in [-0.2, -0.15) is 17.5 Å². The van der Waals surface area contributed by atoms with Gasteiger partial charge in [0.05, 0.1) is 4.90 Å². The van der Waals surface area contributed by atoms with Gasteiger partial charge in [-0.1, -0.05) is 12.1 Å². The first-order valence-corrected chi connectivity index (χ1v) is 11.9. The molecule has 1 N–H and O–H groups in total. The van der Waals surface area contributed by atoms with Crippen molar-refractivity contribution in [3.8, 4) is 5.88 Å². The van der Waals surface area contributed by atoms with Crippen molar-refractivity contribution in [1.82, 2.24) is 14.6 Å². The maximum atomic E-state index is 12.9. The molecule has 1 fully saturated rings. The average Bonchev–Trinajstić information content (AvgIpc) is 2.81. The number of piperidine rings is 1. The number of ketones is 1. The number of benzene rings is 1. The van der Waals surface area contributed by atoms with Gasteiger partial charge in [0.2, 0.25) is 21.8 Å². The third kappa shape index (κ3) is 6.76. The normalized spacial score (nSPS) is 15.6. The molecule has 0 bridgehead atoms. The van der Waals surface area contributed by atoms with E-state index < -0.39 is 28.7 Å². The van der Waals surface area contributed by atoms with Crippen LogP contribution in [0.25, 0.3) is 0 Å². The Labute approximate surface area is 195 Å². The van der Waals surface area contributed by atoms with Crippen molar-refractivity contribution in [2.75, 3.05) is 19.7 Å². The number of carbonyl (C=O) groups excluding carboxylic acids is 2. The molecule has 0 spiro atoms. The second-order valence-electron chi connectivity index (χ2n) is 7.88. The summed E-state index contributed by atoms with van der Waals surface area (Å²) < 4.78 is 68.5. The molecule has 8 nitrogen and oxygen atoms in total. The zero-order valence-corrected chi connectivity index (χ0v) is 19.2. The van der Waals surface area contributed by atoms with Gasteiger partial charge in [0, 0.05) is 43.4 Å². The molecule has 1 aromatic carbocycles. The van der Waals surface area contributed by atoms with Gasteiger partial charge < -0.3 is 10.1 Å². The van der Waals surface area contributed by atoms with Crippen LogP contribution in [-0.2, 0) is 21.4 Å². The maximum Gasteiger partial charge on any atom is 0.422 e. The van der Waals surface area contributed by atoms with E-state index >= 15 is 0 Å². The Hall–Kier alpha value is -2.99. The van der Waals surface area contributed by atoms with Crippen molar-refractivity contribution in [1.29, 1.82) is 0 Å². The number of Topliss-reactive ketones (excluding diaryl/α,β-unsaturated/α-hetero) is 1. The lowest BCUT2D eigenvalue weighted by Gasteiger charge is -2.30. The molecule has 3 rings (SSSR count). The van der Waals surface area contributed by atoms with Gasteiger partial charge >= 0.3 is 6.18 Å². The van der Waals surface area contributed by atoms with E-state index in [4.69, 9.17) is 0 Å². The summed E-state index contributed by atoms with van der Waals surface area (Å²) in [7, 11) is -3.74. The highest BCUT2D eigenvalue weighted by Crippen LogP contribution is 2.24. The first-order valence-electron chi connectivity index (χ1n) is 10.5. The Morgan fingerprint density at radius 1 is 1.15 bits per heavy atom. The summed E-state index contributed by atoms with van der Waals surface area (Å²) >= 11 is 0. The summed E-state index contributed by atoms with van der Waals surface area (Å²) in [6.07, 6.45) is -2.54. The van der Waals surface area contributed by atoms with Crippen molar-refractivity contribution >= 4 is 21.7 Å². The molecule has 1 saturated heterocycles. The standard InChI is InChI=1S/C22H24F3N3O5S/c1-15(29)17-2-4-19(5-3-17)34(31,32)28-10-7-18(8-11-28)21(30)27-13-16-6-9-26-20(12-16)33-14-22(23,24)25/h2-6,9,12,18H,7-8,10-11,13-14H2,1H3,(H,27,30). The van der Waals surface area contributed by atoms with Crippen LogP contribution in [0.3, 0.4) is 0 Å². The number of nitrogens with one attached hydrogen (secondary N) is 1. The smallest absolute Gasteiger partial charge is 0.422 e. The third-order valence-corrected chi connectivity index (χ3v) is 7.29. The van der Waals surface area contributed by atoms with E-state index in [1.165, 1.54) is 47.8 Å². The van der Waals surface area contributed by atoms with Gasteiger partial charge in [0.1, 0.15) is 0 Å². The van der Waals surface area contributed by atoms with Crippen LogP contribution in [0, 0.1) is 5.92 Å². The van der Waals surface area contributed by atoms with Gasteiger partial charge in [-0.3, -0.25) is 9.59 Å². The van der Waals surface area contributed by atoms with Crippen molar-refractivity contribution in [3.63, 3.8) is 0 Å². The van der Waals surface area contributed by atoms with E-state index in [0.717, 1.165) is 0 Å². The molecular formula is C22H24F3N3O5S. The zero-order valence-electron chi connectivity index (χ0n) is 18.3. The van der Waals surface area contributed by atoms with Crippen molar-refractivity contribution < 1.29 is 35.9 Å². The number of pyridine rings is 1. The number of halogens is 3. The Morgan fingerprint density at radius 3 is 2.38 bits per heavy atom. The Bertz CT molecular complexity index is 1130. The lowest BCUT2D eigenvalue weighted by molar-refractivity contribution is -0.154. The number of hydrogen-bond acceptors (Lipinski definition) is 6. The van der Waals surface area contributed by atoms with Gasteiger partial charge in [-0.05, 0) is 43.5 Å². The number of aromatic nitrogens is 1. The number of rotatable bonds is 8. The topological polar surface area (TPSA) is 106 Å². The SMILES string of the molecule is CC(=O)c1ccc(S(=O)(=O)N2CCC(C(=O)NCc3ccnc(OCC(F)(F)F)c3)CC2)cc1. The van der Waals surface area contributed by atoms with Crippen LogP contribution in [0.2, 0.25) is 0 Å². The average molecular weight is 500 g/mol. The highest BCUT2D eigenvalue weighted by atomic mass is 32.2. The fraction of sp³-hybridized carbons (Fsp3) is 0.409. The number of nitrogens with zero attached hydrogens (tertiary/aromatic N) is 2. The van der Waals surface area contributed by atoms with Crippen LogP contribution >= 0.6 is 0 Å². The minimum absolute atomic E-state index is 0.0741. The summed E-state index contributed by atoms with van der Waals surface area (Å²) in [4.78, 5) is 27.7. The fourth-order valence-corrected chi connectivity index (χ4v) is 4.97. The van der Waals surface area contributed by atoms with E-state index in [0.29, 0.717) is 24.0 Å². The highest BCUT2D eigenvalue weighted by Gasteiger charge is 2.32. The minimum Gasteiger partial charge on any atom is -0.468 e. The second-order valence-corrected chi connectivity index (χ2v) is 9.82. The summed E-state index contributed by atoms with van der Waals surface area (Å²) in [5.41, 5.74) is 0.942. The molecule has 12 heteroatoms. The summed E-state index contributed by atoms with van der Waals surface area (Å²) in [6.45, 7) is 0.344. The first-order chi connectivity index (χ1) is 16.0. The van der Waals surface area contributed by atoms with E-state index in [1.807, 2.05) is 0 Å². The second kappa shape index (κ2) is 10.5. The van der Waals surface area contributed by atoms with Crippen LogP contribution in [0.5, 0.6) is 5.88 Å². The van der Waals surface area contributed by atoms with E-state index in [9.17, 15) is 31.2 Å². The molecule has 34 heavy (non-hydrogen) atoms. The van der Waals surface area contributed by atoms with Gasteiger partial charge in [0.25, 0.3) is 0 Å². The minimum atomic E-state index is -4.48. The van der Waals surface area contributed by atoms with Gasteiger partial charge in [0.15, 0.2) is 12.4 Å². The molecule has 0 atom stereocenters.